The van der Waals surface area contributed by atoms with Gasteiger partial charge in [-0.05, 0) is 38.8 Å². The van der Waals surface area contributed by atoms with E-state index in [1.165, 1.54) is 6.33 Å². The van der Waals surface area contributed by atoms with Crippen molar-refractivity contribution in [3.63, 3.8) is 0 Å². The first-order chi connectivity index (χ1) is 14.4. The Balaban J connectivity index is 1.84. The summed E-state index contributed by atoms with van der Waals surface area (Å²) in [7, 11) is 1.61. The van der Waals surface area contributed by atoms with Crippen LogP contribution in [0.4, 0.5) is 0 Å². The van der Waals surface area contributed by atoms with E-state index in [1.807, 2.05) is 13.8 Å². The molecule has 0 bridgehead atoms. The molecule has 5 rings (SSSR count). The number of nitrogens with zero attached hydrogens (tertiary/aromatic N) is 6. The molecule has 1 fully saturated rings. The van der Waals surface area contributed by atoms with Crippen LogP contribution in [-0.4, -0.2) is 31.2 Å². The van der Waals surface area contributed by atoms with Gasteiger partial charge in [-0.3, -0.25) is 9.20 Å². The molecule has 4 aromatic rings. The van der Waals surface area contributed by atoms with Gasteiger partial charge in [-0.15, -0.1) is 0 Å². The number of hydrogen-bond donors (Lipinski definition) is 0. The molecule has 0 unspecified atom stereocenters. The van der Waals surface area contributed by atoms with Gasteiger partial charge in [-0.2, -0.15) is 10.2 Å². The van der Waals surface area contributed by atoms with E-state index in [1.54, 1.807) is 28.2 Å². The molecule has 30 heavy (non-hydrogen) atoms. The average molecular weight is 425 g/mol. The molecular weight excluding hydrogens is 408 g/mol. The lowest BCUT2D eigenvalue weighted by Gasteiger charge is -2.17. The monoisotopic (exact) mass is 424 g/mol. The van der Waals surface area contributed by atoms with Crippen LogP contribution in [0.15, 0.2) is 27.8 Å². The summed E-state index contributed by atoms with van der Waals surface area (Å²) in [6, 6.07) is 5.30. The fourth-order valence-corrected chi connectivity index (χ4v) is 4.03. The predicted molar refractivity (Wildman–Crippen MR) is 108 cm³/mol. The summed E-state index contributed by atoms with van der Waals surface area (Å²) >= 11 is 6.24. The first-order valence-electron chi connectivity index (χ1n) is 9.45. The largest absolute Gasteiger partial charge is 0.368 e. The van der Waals surface area contributed by atoms with Crippen LogP contribution in [0.1, 0.15) is 44.2 Å². The van der Waals surface area contributed by atoms with E-state index in [-0.39, 0.29) is 28.0 Å². The van der Waals surface area contributed by atoms with Crippen molar-refractivity contribution in [1.29, 1.82) is 5.26 Å². The molecule has 1 aliphatic carbocycles. The number of fused-ring (bicyclic) bond motifs is 3. The average Bonchev–Trinajstić information content (AvgIpc) is 3.15. The van der Waals surface area contributed by atoms with Crippen molar-refractivity contribution in [3.8, 4) is 17.6 Å². The fraction of sp³-hybridized carbons (Fsp3) is 0.350. The summed E-state index contributed by atoms with van der Waals surface area (Å²) in [5.74, 6) is 0.599. The van der Waals surface area contributed by atoms with Gasteiger partial charge in [0, 0.05) is 13.2 Å². The standard InChI is InChI=1S/C20H17ClN6O3/c1-10(2)27-15-11(8-22)12(21)4-5-13(15)26-9-23-14(16(26)18(27)28)17-24-19(30-25-17)20(29-3)6-7-20/h4-5,9-10H,6-7H2,1-3H3. The van der Waals surface area contributed by atoms with Gasteiger partial charge in [-0.25, -0.2) is 4.98 Å². The van der Waals surface area contributed by atoms with Crippen LogP contribution in [0.2, 0.25) is 5.02 Å². The minimum Gasteiger partial charge on any atom is -0.368 e. The van der Waals surface area contributed by atoms with E-state index in [0.717, 1.165) is 12.8 Å². The molecule has 152 valence electrons. The molecule has 0 spiro atoms. The highest BCUT2D eigenvalue weighted by Crippen LogP contribution is 2.48. The number of ether oxygens (including phenoxy) is 1. The normalized spacial score (nSPS) is 15.2. The van der Waals surface area contributed by atoms with Gasteiger partial charge < -0.3 is 13.8 Å². The highest BCUT2D eigenvalue weighted by molar-refractivity contribution is 6.32. The van der Waals surface area contributed by atoms with Crippen molar-refractivity contribution in [2.45, 2.75) is 38.3 Å². The Morgan fingerprint density at radius 2 is 2.10 bits per heavy atom. The molecule has 0 radical (unpaired) electrons. The van der Waals surface area contributed by atoms with Crippen LogP contribution < -0.4 is 5.56 Å². The van der Waals surface area contributed by atoms with Gasteiger partial charge in [0.15, 0.2) is 0 Å². The van der Waals surface area contributed by atoms with Crippen LogP contribution >= 0.6 is 11.6 Å². The molecule has 3 heterocycles. The van der Waals surface area contributed by atoms with Gasteiger partial charge in [0.05, 0.1) is 21.6 Å². The number of rotatable bonds is 4. The number of aromatic nitrogens is 5. The van der Waals surface area contributed by atoms with E-state index in [9.17, 15) is 10.1 Å². The van der Waals surface area contributed by atoms with E-state index < -0.39 is 5.60 Å². The van der Waals surface area contributed by atoms with Crippen LogP contribution in [0.25, 0.3) is 28.1 Å². The highest BCUT2D eigenvalue weighted by Gasteiger charge is 2.50. The molecule has 0 aliphatic heterocycles. The lowest BCUT2D eigenvalue weighted by molar-refractivity contribution is 0.0492. The summed E-state index contributed by atoms with van der Waals surface area (Å²) in [5, 5.41) is 14.0. The molecule has 0 N–H and O–H groups in total. The van der Waals surface area contributed by atoms with Crippen molar-refractivity contribution >= 4 is 28.2 Å². The second-order valence-corrected chi connectivity index (χ2v) is 8.01. The van der Waals surface area contributed by atoms with Crippen LogP contribution in [0, 0.1) is 11.3 Å². The summed E-state index contributed by atoms with van der Waals surface area (Å²) in [4.78, 5) is 22.4. The van der Waals surface area contributed by atoms with E-state index in [0.29, 0.717) is 28.1 Å². The minimum absolute atomic E-state index is 0.219. The summed E-state index contributed by atoms with van der Waals surface area (Å²) in [6.45, 7) is 3.74. The third-order valence-corrected chi connectivity index (χ3v) is 5.86. The second-order valence-electron chi connectivity index (χ2n) is 7.60. The SMILES string of the molecule is COC1(c2nc(-c3ncn4c3c(=O)n(C(C)C)c3c(C#N)c(Cl)ccc34)no2)CC1. The van der Waals surface area contributed by atoms with Crippen molar-refractivity contribution in [3.05, 3.63) is 45.3 Å². The smallest absolute Gasteiger partial charge is 0.278 e. The zero-order chi connectivity index (χ0) is 21.2. The Bertz CT molecular complexity index is 1420. The first-order valence-corrected chi connectivity index (χ1v) is 9.83. The zero-order valence-corrected chi connectivity index (χ0v) is 17.3. The van der Waals surface area contributed by atoms with E-state index in [4.69, 9.17) is 20.9 Å². The Morgan fingerprint density at radius 3 is 2.73 bits per heavy atom. The topological polar surface area (TPSA) is 111 Å². The molecule has 0 atom stereocenters. The highest BCUT2D eigenvalue weighted by atomic mass is 35.5. The number of nitriles is 1. The molecule has 10 heteroatoms. The van der Waals surface area contributed by atoms with E-state index >= 15 is 0 Å². The Labute approximate surface area is 175 Å². The fourth-order valence-electron chi connectivity index (χ4n) is 3.83. The predicted octanol–water partition coefficient (Wildman–Crippen LogP) is 3.44. The first kappa shape index (κ1) is 18.8. The molecular formula is C20H17ClN6O3. The van der Waals surface area contributed by atoms with Crippen molar-refractivity contribution < 1.29 is 9.26 Å². The number of halogens is 1. The van der Waals surface area contributed by atoms with Gasteiger partial charge in [-0.1, -0.05) is 16.8 Å². The molecule has 0 saturated heterocycles. The summed E-state index contributed by atoms with van der Waals surface area (Å²) in [6.07, 6.45) is 3.13. The second kappa shape index (κ2) is 6.39. The number of benzene rings is 1. The lowest BCUT2D eigenvalue weighted by atomic mass is 10.1. The Kier molecular flexibility index (Phi) is 4.00. The van der Waals surface area contributed by atoms with Crippen LogP contribution in [0.5, 0.6) is 0 Å². The van der Waals surface area contributed by atoms with Gasteiger partial charge in [0.2, 0.25) is 5.82 Å². The molecule has 3 aromatic heterocycles. The van der Waals surface area contributed by atoms with Gasteiger partial charge in [0.25, 0.3) is 11.4 Å². The Morgan fingerprint density at radius 1 is 1.33 bits per heavy atom. The molecule has 1 saturated carbocycles. The molecule has 9 nitrogen and oxygen atoms in total. The maximum absolute atomic E-state index is 13.5. The lowest BCUT2D eigenvalue weighted by Crippen LogP contribution is -2.25. The summed E-state index contributed by atoms with van der Waals surface area (Å²) < 4.78 is 14.1. The maximum atomic E-state index is 13.5. The zero-order valence-electron chi connectivity index (χ0n) is 16.5. The third-order valence-electron chi connectivity index (χ3n) is 5.55. The summed E-state index contributed by atoms with van der Waals surface area (Å²) in [5.41, 5.74) is 1.11. The molecule has 1 aromatic carbocycles. The third kappa shape index (κ3) is 2.44. The number of methoxy groups -OCH3 is 1. The maximum Gasteiger partial charge on any atom is 0.278 e. The molecule has 1 aliphatic rings. The molecule has 0 amide bonds. The van der Waals surface area contributed by atoms with Gasteiger partial charge in [0.1, 0.15) is 29.2 Å². The van der Waals surface area contributed by atoms with Crippen molar-refractivity contribution in [1.82, 2.24) is 24.1 Å². The quantitative estimate of drug-likeness (QED) is 0.493. The van der Waals surface area contributed by atoms with Gasteiger partial charge >= 0.3 is 0 Å². The Hall–Kier alpha value is -3.22. The van der Waals surface area contributed by atoms with Crippen molar-refractivity contribution in [2.75, 3.05) is 7.11 Å². The van der Waals surface area contributed by atoms with Crippen LogP contribution in [0.3, 0.4) is 0 Å². The van der Waals surface area contributed by atoms with E-state index in [2.05, 4.69) is 21.2 Å². The number of hydrogen-bond acceptors (Lipinski definition) is 7. The minimum atomic E-state index is -0.538. The number of imidazole rings is 1. The van der Waals surface area contributed by atoms with Crippen molar-refractivity contribution in [2.24, 2.45) is 0 Å². The van der Waals surface area contributed by atoms with Crippen LogP contribution in [-0.2, 0) is 10.3 Å².